The molecule has 0 aliphatic carbocycles. The monoisotopic (exact) mass is 422 g/mol. The van der Waals surface area contributed by atoms with Crippen LogP contribution in [0.15, 0.2) is 66.7 Å². The van der Waals surface area contributed by atoms with Crippen molar-refractivity contribution < 1.29 is 34.3 Å². The van der Waals surface area contributed by atoms with E-state index in [1.807, 2.05) is 0 Å². The summed E-state index contributed by atoms with van der Waals surface area (Å²) in [5, 5.41) is 31.7. The van der Waals surface area contributed by atoms with E-state index in [0.29, 0.717) is 0 Å². The van der Waals surface area contributed by atoms with Gasteiger partial charge in [0.05, 0.1) is 21.7 Å². The van der Waals surface area contributed by atoms with Crippen LogP contribution in [0.4, 0.5) is 11.4 Å². The predicted molar refractivity (Wildman–Crippen MR) is 108 cm³/mol. The number of hydrogen-bond donors (Lipinski definition) is 3. The number of aromatic carboxylic acids is 2. The molecular weight excluding hydrogens is 408 g/mol. The standard InChI is InChI=1S/C21H14N2O8/c24-19(12-4-6-14(7-5-12)23(29)30)22-18-9-8-16(11-17(18)21(27)28)31-15-3-1-2-13(10-15)20(25)26/h1-11H,(H,22,24)(H,25,26)(H,27,28). The molecule has 0 aliphatic rings. The molecule has 0 saturated carbocycles. The van der Waals surface area contributed by atoms with Gasteiger partial charge in [0.15, 0.2) is 0 Å². The summed E-state index contributed by atoms with van der Waals surface area (Å²) >= 11 is 0. The quantitative estimate of drug-likeness (QED) is 0.380. The number of hydrogen-bond acceptors (Lipinski definition) is 6. The highest BCUT2D eigenvalue weighted by Crippen LogP contribution is 2.28. The highest BCUT2D eigenvalue weighted by atomic mass is 16.6. The first-order valence-corrected chi connectivity index (χ1v) is 8.69. The molecule has 0 bridgehead atoms. The van der Waals surface area contributed by atoms with Crippen LogP contribution >= 0.6 is 0 Å². The molecule has 0 saturated heterocycles. The summed E-state index contributed by atoms with van der Waals surface area (Å²) in [6.07, 6.45) is 0. The van der Waals surface area contributed by atoms with Gasteiger partial charge in [0.2, 0.25) is 0 Å². The molecule has 0 unspecified atom stereocenters. The molecule has 0 spiro atoms. The van der Waals surface area contributed by atoms with Gasteiger partial charge in [-0.25, -0.2) is 9.59 Å². The van der Waals surface area contributed by atoms with Crippen LogP contribution < -0.4 is 10.1 Å². The van der Waals surface area contributed by atoms with E-state index in [-0.39, 0.29) is 39.6 Å². The van der Waals surface area contributed by atoms with E-state index in [0.717, 1.165) is 12.1 Å². The number of ether oxygens (including phenoxy) is 1. The number of nitro groups is 1. The number of amides is 1. The lowest BCUT2D eigenvalue weighted by Gasteiger charge is -2.12. The van der Waals surface area contributed by atoms with Gasteiger partial charge in [-0.05, 0) is 48.5 Å². The number of carboxylic acids is 2. The highest BCUT2D eigenvalue weighted by Gasteiger charge is 2.16. The fourth-order valence-corrected chi connectivity index (χ4v) is 2.63. The van der Waals surface area contributed by atoms with Crippen LogP contribution in [0, 0.1) is 10.1 Å². The van der Waals surface area contributed by atoms with Gasteiger partial charge in [0.1, 0.15) is 11.5 Å². The Morgan fingerprint density at radius 3 is 2.13 bits per heavy atom. The van der Waals surface area contributed by atoms with Crippen molar-refractivity contribution in [1.82, 2.24) is 0 Å². The number of benzene rings is 3. The number of rotatable bonds is 7. The second-order valence-corrected chi connectivity index (χ2v) is 6.21. The highest BCUT2D eigenvalue weighted by molar-refractivity contribution is 6.08. The average molecular weight is 422 g/mol. The third-order valence-corrected chi connectivity index (χ3v) is 4.13. The Morgan fingerprint density at radius 2 is 1.52 bits per heavy atom. The fourth-order valence-electron chi connectivity index (χ4n) is 2.63. The summed E-state index contributed by atoms with van der Waals surface area (Å²) in [6.45, 7) is 0. The molecule has 0 atom stereocenters. The molecule has 0 aliphatic heterocycles. The molecule has 0 radical (unpaired) electrons. The minimum Gasteiger partial charge on any atom is -0.478 e. The molecule has 3 rings (SSSR count). The van der Waals surface area contributed by atoms with Gasteiger partial charge in [0.25, 0.3) is 11.6 Å². The zero-order valence-corrected chi connectivity index (χ0v) is 15.6. The maximum atomic E-state index is 12.4. The first-order chi connectivity index (χ1) is 14.7. The van der Waals surface area contributed by atoms with E-state index in [1.54, 1.807) is 0 Å². The van der Waals surface area contributed by atoms with E-state index in [2.05, 4.69) is 5.32 Å². The van der Waals surface area contributed by atoms with Crippen molar-refractivity contribution in [2.75, 3.05) is 5.32 Å². The zero-order chi connectivity index (χ0) is 22.5. The third-order valence-electron chi connectivity index (χ3n) is 4.13. The number of carbonyl (C=O) groups is 3. The number of carboxylic acid groups (broad SMARTS) is 2. The van der Waals surface area contributed by atoms with Crippen molar-refractivity contribution in [3.63, 3.8) is 0 Å². The molecule has 31 heavy (non-hydrogen) atoms. The first kappa shape index (κ1) is 21.0. The van der Waals surface area contributed by atoms with E-state index < -0.39 is 22.8 Å². The lowest BCUT2D eigenvalue weighted by Crippen LogP contribution is -2.15. The van der Waals surface area contributed by atoms with Gasteiger partial charge in [-0.2, -0.15) is 0 Å². The Hall–Kier alpha value is -4.73. The van der Waals surface area contributed by atoms with Crippen LogP contribution in [0.2, 0.25) is 0 Å². The molecule has 3 aromatic carbocycles. The number of carbonyl (C=O) groups excluding carboxylic acids is 1. The van der Waals surface area contributed by atoms with Crippen LogP contribution in [-0.2, 0) is 0 Å². The average Bonchev–Trinajstić information content (AvgIpc) is 2.74. The molecule has 156 valence electrons. The van der Waals surface area contributed by atoms with Gasteiger partial charge < -0.3 is 20.3 Å². The van der Waals surface area contributed by atoms with Gasteiger partial charge in [0, 0.05) is 17.7 Å². The van der Waals surface area contributed by atoms with Gasteiger partial charge in [-0.3, -0.25) is 14.9 Å². The Kier molecular flexibility index (Phi) is 5.92. The van der Waals surface area contributed by atoms with Crippen molar-refractivity contribution in [3.05, 3.63) is 93.5 Å². The van der Waals surface area contributed by atoms with Crippen LogP contribution in [0.5, 0.6) is 11.5 Å². The summed E-state index contributed by atoms with van der Waals surface area (Å²) in [7, 11) is 0. The van der Waals surface area contributed by atoms with Crippen molar-refractivity contribution in [2.45, 2.75) is 0 Å². The maximum absolute atomic E-state index is 12.4. The number of nitrogens with zero attached hydrogens (tertiary/aromatic N) is 1. The molecule has 3 aromatic rings. The number of non-ortho nitro benzene ring substituents is 1. The van der Waals surface area contributed by atoms with E-state index >= 15 is 0 Å². The smallest absolute Gasteiger partial charge is 0.337 e. The summed E-state index contributed by atoms with van der Waals surface area (Å²) in [6, 6.07) is 14.4. The van der Waals surface area contributed by atoms with Crippen molar-refractivity contribution in [1.29, 1.82) is 0 Å². The van der Waals surface area contributed by atoms with Crippen LogP contribution in [-0.4, -0.2) is 33.0 Å². The Labute approximate surface area is 174 Å². The molecule has 0 heterocycles. The van der Waals surface area contributed by atoms with E-state index in [9.17, 15) is 29.6 Å². The van der Waals surface area contributed by atoms with Gasteiger partial charge in [-0.15, -0.1) is 0 Å². The predicted octanol–water partition coefficient (Wildman–Crippen LogP) is 4.04. The Bertz CT molecular complexity index is 1190. The summed E-state index contributed by atoms with van der Waals surface area (Å²) in [5.74, 6) is -2.81. The van der Waals surface area contributed by atoms with E-state index in [1.165, 1.54) is 54.6 Å². The topological polar surface area (TPSA) is 156 Å². The largest absolute Gasteiger partial charge is 0.478 e. The SMILES string of the molecule is O=C(O)c1cccc(Oc2ccc(NC(=O)c3ccc([N+](=O)[O-])cc3)c(C(=O)O)c2)c1. The van der Waals surface area contributed by atoms with E-state index in [4.69, 9.17) is 9.84 Å². The van der Waals surface area contributed by atoms with Crippen molar-refractivity contribution in [2.24, 2.45) is 0 Å². The minimum atomic E-state index is -1.33. The second kappa shape index (κ2) is 8.74. The molecule has 3 N–H and O–H groups in total. The molecule has 1 amide bonds. The lowest BCUT2D eigenvalue weighted by atomic mass is 10.1. The molecular formula is C21H14N2O8. The van der Waals surface area contributed by atoms with Crippen molar-refractivity contribution in [3.8, 4) is 11.5 Å². The van der Waals surface area contributed by atoms with Crippen LogP contribution in [0.3, 0.4) is 0 Å². The van der Waals surface area contributed by atoms with Gasteiger partial charge in [-0.1, -0.05) is 6.07 Å². The molecule has 10 nitrogen and oxygen atoms in total. The van der Waals surface area contributed by atoms with Crippen LogP contribution in [0.1, 0.15) is 31.1 Å². The molecule has 0 fully saturated rings. The number of anilines is 1. The fraction of sp³-hybridized carbons (Fsp3) is 0. The zero-order valence-electron chi connectivity index (χ0n) is 15.6. The van der Waals surface area contributed by atoms with Gasteiger partial charge >= 0.3 is 11.9 Å². The summed E-state index contributed by atoms with van der Waals surface area (Å²) in [4.78, 5) is 45.2. The number of nitrogens with one attached hydrogen (secondary N) is 1. The maximum Gasteiger partial charge on any atom is 0.337 e. The van der Waals surface area contributed by atoms with Crippen LogP contribution in [0.25, 0.3) is 0 Å². The summed E-state index contributed by atoms with van der Waals surface area (Å²) < 4.78 is 5.54. The molecule has 10 heteroatoms. The third kappa shape index (κ3) is 5.01. The summed E-state index contributed by atoms with van der Waals surface area (Å²) in [5.41, 5.74) is -0.350. The first-order valence-electron chi connectivity index (χ1n) is 8.69. The Balaban J connectivity index is 1.82. The Morgan fingerprint density at radius 1 is 0.839 bits per heavy atom. The minimum absolute atomic E-state index is 0.00272. The van der Waals surface area contributed by atoms with Crippen molar-refractivity contribution >= 4 is 29.2 Å². The lowest BCUT2D eigenvalue weighted by molar-refractivity contribution is -0.384. The molecule has 0 aromatic heterocycles. The number of nitro benzene ring substituents is 1. The second-order valence-electron chi connectivity index (χ2n) is 6.21. The normalized spacial score (nSPS) is 10.2.